The van der Waals surface area contributed by atoms with Gasteiger partial charge in [0.05, 0.1) is 6.54 Å². The van der Waals surface area contributed by atoms with Crippen molar-refractivity contribution in [3.05, 3.63) is 70.2 Å². The van der Waals surface area contributed by atoms with Crippen molar-refractivity contribution in [2.45, 2.75) is 13.0 Å². The average molecular weight is 417 g/mol. The smallest absolute Gasteiger partial charge is 0.239 e. The van der Waals surface area contributed by atoms with Crippen molar-refractivity contribution in [3.8, 4) is 0 Å². The third-order valence-electron chi connectivity index (χ3n) is 3.89. The highest BCUT2D eigenvalue weighted by Crippen LogP contribution is 2.11. The topological polar surface area (TPSA) is 56.7 Å². The first-order valence-corrected chi connectivity index (χ1v) is 9.34. The van der Waals surface area contributed by atoms with E-state index in [4.69, 9.17) is 0 Å². The number of halogens is 1. The van der Waals surface area contributed by atoms with Gasteiger partial charge in [-0.3, -0.25) is 9.79 Å². The summed E-state index contributed by atoms with van der Waals surface area (Å²) in [5.74, 6) is 0.644. The summed E-state index contributed by atoms with van der Waals surface area (Å²) in [7, 11) is 3.67. The van der Waals surface area contributed by atoms with Gasteiger partial charge in [-0.05, 0) is 29.7 Å². The number of guanidine groups is 1. The molecule has 0 aliphatic carbocycles. The summed E-state index contributed by atoms with van der Waals surface area (Å²) in [5, 5.41) is 6.03. The highest BCUT2D eigenvalue weighted by molar-refractivity contribution is 9.10. The monoisotopic (exact) mass is 416 g/mol. The van der Waals surface area contributed by atoms with E-state index in [9.17, 15) is 4.79 Å². The second kappa shape index (κ2) is 10.6. The average Bonchev–Trinajstić information content (AvgIpc) is 2.65. The summed E-state index contributed by atoms with van der Waals surface area (Å²) in [6, 6.07) is 18.3. The predicted molar refractivity (Wildman–Crippen MR) is 110 cm³/mol. The molecule has 0 aliphatic heterocycles. The molecule has 0 radical (unpaired) electrons. The minimum absolute atomic E-state index is 0.0425. The lowest BCUT2D eigenvalue weighted by atomic mass is 10.1. The first-order chi connectivity index (χ1) is 12.6. The molecule has 5 nitrogen and oxygen atoms in total. The standard InChI is InChI=1S/C20H25BrN4O/c1-22-20(25(2)15-17-8-10-18(21)11-9-17)24-14-19(26)23-13-12-16-6-4-3-5-7-16/h3-11H,12-15H2,1-2H3,(H,22,24)(H,23,26). The normalized spacial score (nSPS) is 11.1. The molecule has 0 fully saturated rings. The van der Waals surface area contributed by atoms with Gasteiger partial charge in [0.2, 0.25) is 5.91 Å². The number of aliphatic imine (C=N–C) groups is 1. The van der Waals surface area contributed by atoms with Crippen molar-refractivity contribution in [2.24, 2.45) is 4.99 Å². The zero-order valence-electron chi connectivity index (χ0n) is 15.2. The number of benzene rings is 2. The SMILES string of the molecule is CN=C(NCC(=O)NCCc1ccccc1)N(C)Cc1ccc(Br)cc1. The Hall–Kier alpha value is -2.34. The van der Waals surface area contributed by atoms with Crippen LogP contribution in [-0.2, 0) is 17.8 Å². The van der Waals surface area contributed by atoms with E-state index in [1.807, 2.05) is 42.3 Å². The van der Waals surface area contributed by atoms with Gasteiger partial charge in [-0.15, -0.1) is 0 Å². The molecule has 1 amide bonds. The van der Waals surface area contributed by atoms with Crippen LogP contribution in [0.3, 0.4) is 0 Å². The first kappa shape index (κ1) is 20.0. The number of hydrogen-bond acceptors (Lipinski definition) is 2. The Bertz CT molecular complexity index is 716. The minimum Gasteiger partial charge on any atom is -0.354 e. The zero-order chi connectivity index (χ0) is 18.8. The molecule has 138 valence electrons. The number of amides is 1. The number of hydrogen-bond donors (Lipinski definition) is 2. The molecular formula is C20H25BrN4O. The van der Waals surface area contributed by atoms with Crippen LogP contribution in [0, 0.1) is 0 Å². The molecule has 2 aromatic rings. The molecule has 0 atom stereocenters. The molecular weight excluding hydrogens is 392 g/mol. The summed E-state index contributed by atoms with van der Waals surface area (Å²) < 4.78 is 1.05. The molecule has 2 rings (SSSR count). The Morgan fingerprint density at radius 3 is 2.38 bits per heavy atom. The van der Waals surface area contributed by atoms with Crippen LogP contribution in [-0.4, -0.2) is 44.0 Å². The molecule has 0 spiro atoms. The molecule has 2 aromatic carbocycles. The Kier molecular flexibility index (Phi) is 8.15. The highest BCUT2D eigenvalue weighted by Gasteiger charge is 2.08. The molecule has 0 unspecified atom stereocenters. The number of carbonyl (C=O) groups excluding carboxylic acids is 1. The summed E-state index contributed by atoms with van der Waals surface area (Å²) in [6.07, 6.45) is 0.824. The lowest BCUT2D eigenvalue weighted by Gasteiger charge is -2.22. The number of nitrogens with one attached hydrogen (secondary N) is 2. The minimum atomic E-state index is -0.0425. The summed E-state index contributed by atoms with van der Waals surface area (Å²) >= 11 is 3.44. The van der Waals surface area contributed by atoms with Crippen LogP contribution >= 0.6 is 15.9 Å². The van der Waals surface area contributed by atoms with Gasteiger partial charge in [0, 0.05) is 31.7 Å². The number of carbonyl (C=O) groups is 1. The third kappa shape index (κ3) is 6.88. The lowest BCUT2D eigenvalue weighted by Crippen LogP contribution is -2.44. The van der Waals surface area contributed by atoms with Gasteiger partial charge in [0.15, 0.2) is 5.96 Å². The van der Waals surface area contributed by atoms with E-state index in [0.717, 1.165) is 10.9 Å². The molecule has 0 heterocycles. The number of rotatable bonds is 7. The van der Waals surface area contributed by atoms with Crippen LogP contribution in [0.15, 0.2) is 64.1 Å². The molecule has 6 heteroatoms. The Morgan fingerprint density at radius 1 is 1.04 bits per heavy atom. The van der Waals surface area contributed by atoms with Crippen molar-refractivity contribution in [1.82, 2.24) is 15.5 Å². The van der Waals surface area contributed by atoms with Gasteiger partial charge in [-0.25, -0.2) is 0 Å². The van der Waals surface area contributed by atoms with Gasteiger partial charge in [-0.2, -0.15) is 0 Å². The second-order valence-corrected chi connectivity index (χ2v) is 6.88. The third-order valence-corrected chi connectivity index (χ3v) is 4.42. The largest absolute Gasteiger partial charge is 0.354 e. The van der Waals surface area contributed by atoms with E-state index in [1.165, 1.54) is 11.1 Å². The van der Waals surface area contributed by atoms with Crippen LogP contribution in [0.2, 0.25) is 0 Å². The summed E-state index contributed by atoms with van der Waals surface area (Å²) in [4.78, 5) is 18.3. The van der Waals surface area contributed by atoms with E-state index in [1.54, 1.807) is 7.05 Å². The Morgan fingerprint density at radius 2 is 1.73 bits per heavy atom. The predicted octanol–water partition coefficient (Wildman–Crippen LogP) is 2.82. The maximum Gasteiger partial charge on any atom is 0.239 e. The fourth-order valence-corrected chi connectivity index (χ4v) is 2.80. The van der Waals surface area contributed by atoms with Crippen LogP contribution in [0.25, 0.3) is 0 Å². The van der Waals surface area contributed by atoms with Crippen LogP contribution in [0.4, 0.5) is 0 Å². The first-order valence-electron chi connectivity index (χ1n) is 8.55. The number of nitrogens with zero attached hydrogens (tertiary/aromatic N) is 2. The van der Waals surface area contributed by atoms with Gasteiger partial charge in [-0.1, -0.05) is 58.4 Å². The fourth-order valence-electron chi connectivity index (χ4n) is 2.54. The summed E-state index contributed by atoms with van der Waals surface area (Å²) in [6.45, 7) is 1.53. The van der Waals surface area contributed by atoms with Crippen molar-refractivity contribution < 1.29 is 4.79 Å². The Balaban J connectivity index is 1.73. The van der Waals surface area contributed by atoms with Crippen molar-refractivity contribution in [2.75, 3.05) is 27.2 Å². The van der Waals surface area contributed by atoms with Gasteiger partial charge < -0.3 is 15.5 Å². The van der Waals surface area contributed by atoms with Crippen molar-refractivity contribution in [1.29, 1.82) is 0 Å². The molecule has 0 saturated heterocycles. The van der Waals surface area contributed by atoms with Gasteiger partial charge >= 0.3 is 0 Å². The van der Waals surface area contributed by atoms with Gasteiger partial charge in [0.1, 0.15) is 0 Å². The maximum absolute atomic E-state index is 12.0. The maximum atomic E-state index is 12.0. The van der Waals surface area contributed by atoms with Crippen molar-refractivity contribution >= 4 is 27.8 Å². The second-order valence-electron chi connectivity index (χ2n) is 5.97. The summed E-state index contributed by atoms with van der Waals surface area (Å²) in [5.41, 5.74) is 2.39. The molecule has 0 saturated carbocycles. The van der Waals surface area contributed by atoms with Crippen LogP contribution < -0.4 is 10.6 Å². The molecule has 26 heavy (non-hydrogen) atoms. The van der Waals surface area contributed by atoms with Crippen LogP contribution in [0.5, 0.6) is 0 Å². The highest BCUT2D eigenvalue weighted by atomic mass is 79.9. The molecule has 0 aliphatic rings. The molecule has 2 N–H and O–H groups in total. The van der Waals surface area contributed by atoms with E-state index in [-0.39, 0.29) is 12.5 Å². The quantitative estimate of drug-likeness (QED) is 0.538. The van der Waals surface area contributed by atoms with Crippen LogP contribution in [0.1, 0.15) is 11.1 Å². The molecule has 0 aromatic heterocycles. The van der Waals surface area contributed by atoms with Gasteiger partial charge in [0.25, 0.3) is 0 Å². The van der Waals surface area contributed by atoms with E-state index in [2.05, 4.69) is 55.8 Å². The van der Waals surface area contributed by atoms with E-state index >= 15 is 0 Å². The van der Waals surface area contributed by atoms with Crippen molar-refractivity contribution in [3.63, 3.8) is 0 Å². The van der Waals surface area contributed by atoms with E-state index in [0.29, 0.717) is 19.0 Å². The molecule has 0 bridgehead atoms. The lowest BCUT2D eigenvalue weighted by molar-refractivity contribution is -0.120. The van der Waals surface area contributed by atoms with E-state index < -0.39 is 0 Å². The Labute approximate surface area is 163 Å². The fraction of sp³-hybridized carbons (Fsp3) is 0.300. The zero-order valence-corrected chi connectivity index (χ0v) is 16.8.